The fourth-order valence-electron chi connectivity index (χ4n) is 2.40. The van der Waals surface area contributed by atoms with Crippen LogP contribution in [0.15, 0.2) is 12.4 Å². The van der Waals surface area contributed by atoms with E-state index in [4.69, 9.17) is 0 Å². The molecule has 112 valence electrons. The number of aromatic nitrogens is 2. The number of unbranched alkanes of at least 4 members (excludes halogenated alkanes) is 1. The van der Waals surface area contributed by atoms with Crippen molar-refractivity contribution >= 4 is 5.91 Å². The van der Waals surface area contributed by atoms with Gasteiger partial charge in [0.2, 0.25) is 0 Å². The van der Waals surface area contributed by atoms with E-state index in [0.717, 1.165) is 52.1 Å². The molecule has 1 saturated heterocycles. The summed E-state index contributed by atoms with van der Waals surface area (Å²) in [6.07, 6.45) is 5.57. The van der Waals surface area contributed by atoms with E-state index in [2.05, 4.69) is 27.1 Å². The zero-order valence-electron chi connectivity index (χ0n) is 12.5. The van der Waals surface area contributed by atoms with Gasteiger partial charge in [0.05, 0.1) is 0 Å². The normalized spacial score (nSPS) is 17.3. The molecule has 1 aliphatic rings. The van der Waals surface area contributed by atoms with Gasteiger partial charge in [0.25, 0.3) is 5.91 Å². The Hall–Kier alpha value is -1.40. The molecule has 1 fully saturated rings. The van der Waals surface area contributed by atoms with Crippen LogP contribution in [0.25, 0.3) is 0 Å². The molecule has 6 nitrogen and oxygen atoms in total. The molecule has 0 unspecified atom stereocenters. The predicted octanol–water partition coefficient (Wildman–Crippen LogP) is 0.178. The Morgan fingerprint density at radius 1 is 1.25 bits per heavy atom. The Bertz CT molecular complexity index is 423. The second kappa shape index (κ2) is 7.40. The van der Waals surface area contributed by atoms with E-state index in [-0.39, 0.29) is 5.91 Å². The average molecular weight is 279 g/mol. The number of amides is 1. The van der Waals surface area contributed by atoms with Gasteiger partial charge in [0.15, 0.2) is 5.82 Å². The summed E-state index contributed by atoms with van der Waals surface area (Å²) >= 11 is 0. The van der Waals surface area contributed by atoms with Gasteiger partial charge in [-0.2, -0.15) is 0 Å². The molecule has 2 heterocycles. The third-order valence-electron chi connectivity index (χ3n) is 3.81. The molecule has 1 aromatic heterocycles. The van der Waals surface area contributed by atoms with Gasteiger partial charge in [-0.3, -0.25) is 4.79 Å². The molecule has 1 aromatic rings. The van der Waals surface area contributed by atoms with Crippen molar-refractivity contribution in [1.82, 2.24) is 24.7 Å². The summed E-state index contributed by atoms with van der Waals surface area (Å²) in [7, 11) is 4.00. The van der Waals surface area contributed by atoms with Crippen LogP contribution in [-0.2, 0) is 7.05 Å². The summed E-state index contributed by atoms with van der Waals surface area (Å²) in [6.45, 7) is 6.50. The number of hydrogen-bond acceptors (Lipinski definition) is 4. The lowest BCUT2D eigenvalue weighted by Gasteiger charge is -2.32. The fourth-order valence-corrected chi connectivity index (χ4v) is 2.40. The molecular weight excluding hydrogens is 254 g/mol. The smallest absolute Gasteiger partial charge is 0.287 e. The largest absolute Gasteiger partial charge is 0.349 e. The SMILES string of the molecule is CN1CCN(CCCCNC(=O)c2nccn2C)CC1. The summed E-state index contributed by atoms with van der Waals surface area (Å²) in [5, 5.41) is 2.92. The van der Waals surface area contributed by atoms with Crippen molar-refractivity contribution in [2.24, 2.45) is 7.05 Å². The van der Waals surface area contributed by atoms with Crippen LogP contribution in [0.4, 0.5) is 0 Å². The number of carbonyl (C=O) groups excluding carboxylic acids is 1. The third-order valence-corrected chi connectivity index (χ3v) is 3.81. The van der Waals surface area contributed by atoms with Gasteiger partial charge in [0, 0.05) is 52.2 Å². The molecule has 0 aromatic carbocycles. The summed E-state index contributed by atoms with van der Waals surface area (Å²) in [5.74, 6) is 0.390. The number of nitrogens with one attached hydrogen (secondary N) is 1. The number of rotatable bonds is 6. The first-order valence-electron chi connectivity index (χ1n) is 7.33. The lowest BCUT2D eigenvalue weighted by atomic mass is 10.2. The van der Waals surface area contributed by atoms with Crippen molar-refractivity contribution in [3.63, 3.8) is 0 Å². The van der Waals surface area contributed by atoms with E-state index in [1.54, 1.807) is 17.0 Å². The Kier molecular flexibility index (Phi) is 5.55. The second-order valence-electron chi connectivity index (χ2n) is 5.47. The third kappa shape index (κ3) is 4.31. The van der Waals surface area contributed by atoms with Crippen molar-refractivity contribution in [3.05, 3.63) is 18.2 Å². The van der Waals surface area contributed by atoms with Crippen molar-refractivity contribution in [3.8, 4) is 0 Å². The van der Waals surface area contributed by atoms with Crippen molar-refractivity contribution in [2.75, 3.05) is 46.3 Å². The lowest BCUT2D eigenvalue weighted by molar-refractivity contribution is 0.0938. The Labute approximate surface area is 120 Å². The van der Waals surface area contributed by atoms with Crippen molar-refractivity contribution < 1.29 is 4.79 Å². The van der Waals surface area contributed by atoms with E-state index in [1.165, 1.54) is 0 Å². The summed E-state index contributed by atoms with van der Waals surface area (Å²) in [5.41, 5.74) is 0. The van der Waals surface area contributed by atoms with Gasteiger partial charge in [-0.15, -0.1) is 0 Å². The molecule has 1 amide bonds. The van der Waals surface area contributed by atoms with Gasteiger partial charge in [-0.25, -0.2) is 4.98 Å². The molecule has 0 atom stereocenters. The van der Waals surface area contributed by atoms with Crippen LogP contribution in [0, 0.1) is 0 Å². The highest BCUT2D eigenvalue weighted by molar-refractivity contribution is 5.90. The van der Waals surface area contributed by atoms with Crippen LogP contribution < -0.4 is 5.32 Å². The highest BCUT2D eigenvalue weighted by atomic mass is 16.2. The van der Waals surface area contributed by atoms with Gasteiger partial charge in [0.1, 0.15) is 0 Å². The average Bonchev–Trinajstić information content (AvgIpc) is 2.86. The highest BCUT2D eigenvalue weighted by Crippen LogP contribution is 2.01. The first kappa shape index (κ1) is 15.0. The number of likely N-dealkylation sites (N-methyl/N-ethyl adjacent to an activating group) is 1. The molecule has 0 saturated carbocycles. The van der Waals surface area contributed by atoms with E-state index in [9.17, 15) is 4.79 Å². The quantitative estimate of drug-likeness (QED) is 0.755. The number of hydrogen-bond donors (Lipinski definition) is 1. The summed E-state index contributed by atoms with van der Waals surface area (Å²) < 4.78 is 1.74. The monoisotopic (exact) mass is 279 g/mol. The maximum absolute atomic E-state index is 11.8. The molecule has 0 aliphatic carbocycles. The van der Waals surface area contributed by atoms with Crippen LogP contribution in [0.1, 0.15) is 23.5 Å². The Balaban J connectivity index is 1.56. The van der Waals surface area contributed by atoms with Crippen LogP contribution in [0.5, 0.6) is 0 Å². The van der Waals surface area contributed by atoms with E-state index in [0.29, 0.717) is 5.82 Å². The summed E-state index contributed by atoms with van der Waals surface area (Å²) in [4.78, 5) is 20.7. The van der Waals surface area contributed by atoms with Crippen LogP contribution in [0.2, 0.25) is 0 Å². The van der Waals surface area contributed by atoms with Crippen LogP contribution in [0.3, 0.4) is 0 Å². The minimum atomic E-state index is -0.0860. The minimum Gasteiger partial charge on any atom is -0.349 e. The molecule has 6 heteroatoms. The molecule has 0 bridgehead atoms. The first-order valence-corrected chi connectivity index (χ1v) is 7.33. The van der Waals surface area contributed by atoms with E-state index >= 15 is 0 Å². The standard InChI is InChI=1S/C14H25N5O/c1-17-9-11-19(12-10-17)7-4-3-5-16-14(20)13-15-6-8-18(13)2/h6,8H,3-5,7,9-12H2,1-2H3,(H,16,20). The first-order chi connectivity index (χ1) is 9.66. The molecule has 0 radical (unpaired) electrons. The van der Waals surface area contributed by atoms with Crippen LogP contribution in [-0.4, -0.2) is 71.6 Å². The number of piperazine rings is 1. The molecule has 0 spiro atoms. The van der Waals surface area contributed by atoms with Gasteiger partial charge >= 0.3 is 0 Å². The topological polar surface area (TPSA) is 53.4 Å². The predicted molar refractivity (Wildman–Crippen MR) is 78.7 cm³/mol. The maximum atomic E-state index is 11.8. The molecule has 1 N–H and O–H groups in total. The Morgan fingerprint density at radius 2 is 2.00 bits per heavy atom. The number of nitrogens with zero attached hydrogens (tertiary/aromatic N) is 4. The molecule has 2 rings (SSSR count). The number of carbonyl (C=O) groups is 1. The lowest BCUT2D eigenvalue weighted by Crippen LogP contribution is -2.44. The van der Waals surface area contributed by atoms with E-state index < -0.39 is 0 Å². The number of aryl methyl sites for hydroxylation is 1. The summed E-state index contributed by atoms with van der Waals surface area (Å²) in [6, 6.07) is 0. The molecule has 20 heavy (non-hydrogen) atoms. The van der Waals surface area contributed by atoms with Gasteiger partial charge in [-0.1, -0.05) is 0 Å². The zero-order chi connectivity index (χ0) is 14.4. The molecular formula is C14H25N5O. The van der Waals surface area contributed by atoms with Crippen molar-refractivity contribution in [2.45, 2.75) is 12.8 Å². The second-order valence-corrected chi connectivity index (χ2v) is 5.47. The minimum absolute atomic E-state index is 0.0860. The molecule has 1 aliphatic heterocycles. The van der Waals surface area contributed by atoms with Crippen molar-refractivity contribution in [1.29, 1.82) is 0 Å². The number of imidazole rings is 1. The van der Waals surface area contributed by atoms with Gasteiger partial charge < -0.3 is 19.7 Å². The fraction of sp³-hybridized carbons (Fsp3) is 0.714. The van der Waals surface area contributed by atoms with Crippen LogP contribution >= 0.6 is 0 Å². The van der Waals surface area contributed by atoms with Gasteiger partial charge in [-0.05, 0) is 26.4 Å². The van der Waals surface area contributed by atoms with E-state index in [1.807, 2.05) is 7.05 Å². The zero-order valence-corrected chi connectivity index (χ0v) is 12.5. The highest BCUT2D eigenvalue weighted by Gasteiger charge is 2.13. The maximum Gasteiger partial charge on any atom is 0.287 e. The Morgan fingerprint density at radius 3 is 2.65 bits per heavy atom.